The normalized spacial score (nSPS) is 18.3. The number of hydrogen-bond donors (Lipinski definition) is 0. The molecule has 1 saturated heterocycles. The summed E-state index contributed by atoms with van der Waals surface area (Å²) in [7, 11) is 1.45. The summed E-state index contributed by atoms with van der Waals surface area (Å²) in [5, 5.41) is 0. The highest BCUT2D eigenvalue weighted by molar-refractivity contribution is 5.68. The fraction of sp³-hybridized carbons (Fsp3) is 0.842. The highest BCUT2D eigenvalue weighted by atomic mass is 16.6. The quantitative estimate of drug-likeness (QED) is 0.240. The Morgan fingerprint density at radius 2 is 1.73 bits per heavy atom. The van der Waals surface area contributed by atoms with Crippen molar-refractivity contribution in [1.29, 1.82) is 0 Å². The van der Waals surface area contributed by atoms with Gasteiger partial charge in [0.05, 0.1) is 7.11 Å². The van der Waals surface area contributed by atoms with Gasteiger partial charge in [0.15, 0.2) is 6.10 Å². The van der Waals surface area contributed by atoms with Crippen molar-refractivity contribution >= 4 is 5.97 Å². The van der Waals surface area contributed by atoms with Gasteiger partial charge >= 0.3 is 5.97 Å². The SMILES string of the molecule is CCCCCCCC1OC1=CCCCCCCCC(=O)OC. The molecule has 128 valence electrons. The molecule has 0 spiro atoms. The number of allylic oxidation sites excluding steroid dienone is 1. The Morgan fingerprint density at radius 1 is 1.05 bits per heavy atom. The number of carbonyl (C=O) groups excluding carboxylic acids is 1. The second kappa shape index (κ2) is 12.5. The molecule has 1 aliphatic rings. The van der Waals surface area contributed by atoms with Crippen LogP contribution in [0.2, 0.25) is 0 Å². The zero-order valence-electron chi connectivity index (χ0n) is 14.6. The zero-order valence-corrected chi connectivity index (χ0v) is 14.6. The lowest BCUT2D eigenvalue weighted by Gasteiger charge is -1.99. The monoisotopic (exact) mass is 310 g/mol. The van der Waals surface area contributed by atoms with Gasteiger partial charge in [-0.1, -0.05) is 51.9 Å². The largest absolute Gasteiger partial charge is 0.483 e. The maximum Gasteiger partial charge on any atom is 0.305 e. The predicted octanol–water partition coefficient (Wildman–Crippen LogP) is 5.53. The number of carbonyl (C=O) groups is 1. The Hall–Kier alpha value is -0.990. The maximum absolute atomic E-state index is 10.9. The fourth-order valence-corrected chi connectivity index (χ4v) is 2.73. The minimum atomic E-state index is -0.0867. The van der Waals surface area contributed by atoms with Crippen molar-refractivity contribution in [2.45, 2.75) is 96.5 Å². The molecule has 22 heavy (non-hydrogen) atoms. The first-order chi connectivity index (χ1) is 10.8. The second-order valence-electron chi connectivity index (χ2n) is 6.30. The smallest absolute Gasteiger partial charge is 0.305 e. The summed E-state index contributed by atoms with van der Waals surface area (Å²) in [5.41, 5.74) is 0. The molecule has 3 nitrogen and oxygen atoms in total. The van der Waals surface area contributed by atoms with E-state index in [2.05, 4.69) is 17.7 Å². The third kappa shape index (κ3) is 9.86. The third-order valence-electron chi connectivity index (χ3n) is 4.27. The molecule has 0 aliphatic carbocycles. The molecule has 1 heterocycles. The minimum absolute atomic E-state index is 0.0867. The Labute approximate surface area is 136 Å². The average Bonchev–Trinajstić information content (AvgIpc) is 3.27. The molecule has 1 aliphatic heterocycles. The van der Waals surface area contributed by atoms with Crippen molar-refractivity contribution in [1.82, 2.24) is 0 Å². The molecule has 0 saturated carbocycles. The zero-order chi connectivity index (χ0) is 16.0. The summed E-state index contributed by atoms with van der Waals surface area (Å²) >= 11 is 0. The Balaban J connectivity index is 1.84. The summed E-state index contributed by atoms with van der Waals surface area (Å²) in [5.74, 6) is 1.15. The van der Waals surface area contributed by atoms with Gasteiger partial charge in [0.1, 0.15) is 5.76 Å². The first-order valence-electron chi connectivity index (χ1n) is 9.21. The number of unbranched alkanes of at least 4 members (excludes halogenated alkanes) is 9. The highest BCUT2D eigenvalue weighted by Crippen LogP contribution is 2.32. The van der Waals surface area contributed by atoms with Gasteiger partial charge in [-0.15, -0.1) is 0 Å². The van der Waals surface area contributed by atoms with Gasteiger partial charge in [-0.05, 0) is 38.2 Å². The molecule has 0 N–H and O–H groups in total. The van der Waals surface area contributed by atoms with Gasteiger partial charge in [0, 0.05) is 6.42 Å². The molecule has 1 fully saturated rings. The summed E-state index contributed by atoms with van der Waals surface area (Å²) in [6.45, 7) is 2.25. The standard InChI is InChI=1S/C19H34O3/c1-3-4-5-8-11-14-17-18(22-17)15-12-9-6-7-10-13-16-19(20)21-2/h15,17H,3-14,16H2,1-2H3. The molecule has 1 unspecified atom stereocenters. The lowest BCUT2D eigenvalue weighted by molar-refractivity contribution is -0.140. The molecule has 0 amide bonds. The summed E-state index contributed by atoms with van der Waals surface area (Å²) in [6.07, 6.45) is 18.1. The van der Waals surface area contributed by atoms with E-state index in [-0.39, 0.29) is 5.97 Å². The van der Waals surface area contributed by atoms with Gasteiger partial charge in [-0.3, -0.25) is 4.79 Å². The summed E-state index contributed by atoms with van der Waals surface area (Å²) in [6, 6.07) is 0. The van der Waals surface area contributed by atoms with Crippen molar-refractivity contribution in [3.05, 3.63) is 11.8 Å². The minimum Gasteiger partial charge on any atom is -0.483 e. The number of esters is 1. The van der Waals surface area contributed by atoms with Crippen molar-refractivity contribution in [3.63, 3.8) is 0 Å². The van der Waals surface area contributed by atoms with Crippen LogP contribution in [-0.4, -0.2) is 19.2 Å². The van der Waals surface area contributed by atoms with Crippen LogP contribution in [0, 0.1) is 0 Å². The van der Waals surface area contributed by atoms with Crippen LogP contribution in [0.1, 0.15) is 90.4 Å². The van der Waals surface area contributed by atoms with Crippen LogP contribution in [0.25, 0.3) is 0 Å². The lowest BCUT2D eigenvalue weighted by atomic mass is 10.1. The molecular formula is C19H34O3. The van der Waals surface area contributed by atoms with Gasteiger partial charge in [0.25, 0.3) is 0 Å². The summed E-state index contributed by atoms with van der Waals surface area (Å²) in [4.78, 5) is 10.9. The van der Waals surface area contributed by atoms with Crippen LogP contribution in [0.4, 0.5) is 0 Å². The van der Waals surface area contributed by atoms with Crippen molar-refractivity contribution in [2.75, 3.05) is 7.11 Å². The van der Waals surface area contributed by atoms with Gasteiger partial charge in [-0.2, -0.15) is 0 Å². The Bertz CT molecular complexity index is 323. The number of epoxide rings is 1. The molecule has 0 aromatic heterocycles. The van der Waals surface area contributed by atoms with Gasteiger partial charge in [0.2, 0.25) is 0 Å². The molecule has 1 rings (SSSR count). The number of hydrogen-bond acceptors (Lipinski definition) is 3. The van der Waals surface area contributed by atoms with Gasteiger partial charge in [-0.25, -0.2) is 0 Å². The van der Waals surface area contributed by atoms with Crippen LogP contribution in [0.15, 0.2) is 11.8 Å². The Morgan fingerprint density at radius 3 is 2.50 bits per heavy atom. The van der Waals surface area contributed by atoms with Crippen LogP contribution < -0.4 is 0 Å². The van der Waals surface area contributed by atoms with E-state index in [0.29, 0.717) is 12.5 Å². The van der Waals surface area contributed by atoms with Gasteiger partial charge < -0.3 is 9.47 Å². The van der Waals surface area contributed by atoms with Crippen LogP contribution in [0.5, 0.6) is 0 Å². The molecule has 1 atom stereocenters. The molecule has 0 radical (unpaired) electrons. The van der Waals surface area contributed by atoms with Crippen molar-refractivity contribution < 1.29 is 14.3 Å². The van der Waals surface area contributed by atoms with Crippen LogP contribution in [-0.2, 0) is 14.3 Å². The van der Waals surface area contributed by atoms with E-state index in [9.17, 15) is 4.79 Å². The van der Waals surface area contributed by atoms with E-state index < -0.39 is 0 Å². The van der Waals surface area contributed by atoms with Crippen molar-refractivity contribution in [3.8, 4) is 0 Å². The second-order valence-corrected chi connectivity index (χ2v) is 6.30. The van der Waals surface area contributed by atoms with Crippen molar-refractivity contribution in [2.24, 2.45) is 0 Å². The summed E-state index contributed by atoms with van der Waals surface area (Å²) < 4.78 is 10.2. The van der Waals surface area contributed by atoms with E-state index in [1.807, 2.05) is 0 Å². The topological polar surface area (TPSA) is 38.8 Å². The molecule has 0 aromatic rings. The molecule has 3 heteroatoms. The maximum atomic E-state index is 10.9. The van der Waals surface area contributed by atoms with E-state index in [1.165, 1.54) is 70.7 Å². The molecule has 0 aromatic carbocycles. The first kappa shape index (κ1) is 19.1. The lowest BCUT2D eigenvalue weighted by Crippen LogP contribution is -1.99. The number of methoxy groups -OCH3 is 1. The fourth-order valence-electron chi connectivity index (χ4n) is 2.73. The van der Waals surface area contributed by atoms with E-state index in [0.717, 1.165) is 19.3 Å². The van der Waals surface area contributed by atoms with E-state index in [1.54, 1.807) is 0 Å². The van der Waals surface area contributed by atoms with E-state index >= 15 is 0 Å². The highest BCUT2D eigenvalue weighted by Gasteiger charge is 2.30. The van der Waals surface area contributed by atoms with Crippen LogP contribution >= 0.6 is 0 Å². The number of rotatable bonds is 14. The molecule has 0 bridgehead atoms. The predicted molar refractivity (Wildman–Crippen MR) is 90.7 cm³/mol. The first-order valence-corrected chi connectivity index (χ1v) is 9.21. The van der Waals surface area contributed by atoms with E-state index in [4.69, 9.17) is 4.74 Å². The Kier molecular flexibility index (Phi) is 10.9. The molecular weight excluding hydrogens is 276 g/mol. The third-order valence-corrected chi connectivity index (χ3v) is 4.27. The van der Waals surface area contributed by atoms with Crippen LogP contribution in [0.3, 0.4) is 0 Å². The average molecular weight is 310 g/mol. The number of ether oxygens (including phenoxy) is 2.